The predicted octanol–water partition coefficient (Wildman–Crippen LogP) is 0.634. The molecule has 0 amide bonds. The molecule has 1 heterocycles. The summed E-state index contributed by atoms with van der Waals surface area (Å²) in [5, 5.41) is 9.59. The van der Waals surface area contributed by atoms with E-state index >= 15 is 0 Å². The maximum absolute atomic E-state index is 11.3. The average molecular weight is 211 g/mol. The summed E-state index contributed by atoms with van der Waals surface area (Å²) in [6.07, 6.45) is 1.10. The molecule has 0 bridgehead atoms. The number of aliphatic hydroxyl groups is 1. The zero-order valence-electron chi connectivity index (χ0n) is 9.09. The monoisotopic (exact) mass is 211 g/mol. The van der Waals surface area contributed by atoms with Crippen LogP contribution in [0.5, 0.6) is 0 Å². The number of hydrogen-bond acceptors (Lipinski definition) is 3. The minimum Gasteiger partial charge on any atom is -0.389 e. The van der Waals surface area contributed by atoms with Crippen molar-refractivity contribution in [3.63, 3.8) is 0 Å². The van der Waals surface area contributed by atoms with Gasteiger partial charge in [-0.3, -0.25) is 4.79 Å². The Hall–Kier alpha value is -1.13. The van der Waals surface area contributed by atoms with Gasteiger partial charge in [-0.05, 0) is 19.9 Å². The van der Waals surface area contributed by atoms with Crippen molar-refractivity contribution in [1.82, 2.24) is 4.57 Å². The summed E-state index contributed by atoms with van der Waals surface area (Å²) in [5.41, 5.74) is -0.110. The lowest BCUT2D eigenvalue weighted by Gasteiger charge is -2.14. The molecule has 4 nitrogen and oxygen atoms in total. The number of aromatic nitrogens is 1. The van der Waals surface area contributed by atoms with Gasteiger partial charge in [0.1, 0.15) is 0 Å². The van der Waals surface area contributed by atoms with Gasteiger partial charge in [0.05, 0.1) is 25.4 Å². The van der Waals surface area contributed by atoms with Gasteiger partial charge in [-0.15, -0.1) is 0 Å². The molecule has 0 aliphatic carbocycles. The van der Waals surface area contributed by atoms with Crippen molar-refractivity contribution < 1.29 is 9.84 Å². The molecule has 0 radical (unpaired) electrons. The maximum Gasteiger partial charge on any atom is 0.250 e. The van der Waals surface area contributed by atoms with Crippen molar-refractivity contribution in [2.45, 2.75) is 32.6 Å². The minimum absolute atomic E-state index is 0.0899. The van der Waals surface area contributed by atoms with Crippen LogP contribution in [0.15, 0.2) is 29.2 Å². The first-order valence-corrected chi connectivity index (χ1v) is 5.04. The van der Waals surface area contributed by atoms with Crippen LogP contribution in [0.3, 0.4) is 0 Å². The minimum atomic E-state index is -0.646. The second-order valence-corrected chi connectivity index (χ2v) is 3.73. The van der Waals surface area contributed by atoms with Gasteiger partial charge in [0.15, 0.2) is 0 Å². The zero-order valence-corrected chi connectivity index (χ0v) is 9.09. The predicted molar refractivity (Wildman–Crippen MR) is 57.8 cm³/mol. The Balaban J connectivity index is 2.48. The normalized spacial score (nSPS) is 13.1. The van der Waals surface area contributed by atoms with Gasteiger partial charge >= 0.3 is 0 Å². The summed E-state index contributed by atoms with van der Waals surface area (Å²) < 4.78 is 6.72. The van der Waals surface area contributed by atoms with E-state index in [1.807, 2.05) is 13.8 Å². The van der Waals surface area contributed by atoms with E-state index in [0.29, 0.717) is 0 Å². The lowest BCUT2D eigenvalue weighted by Crippen LogP contribution is -2.29. The highest BCUT2D eigenvalue weighted by Gasteiger charge is 2.07. The van der Waals surface area contributed by atoms with Gasteiger partial charge < -0.3 is 14.4 Å². The van der Waals surface area contributed by atoms with Crippen LogP contribution in [0, 0.1) is 0 Å². The lowest BCUT2D eigenvalue weighted by atomic mass is 10.3. The molecule has 0 fully saturated rings. The second-order valence-electron chi connectivity index (χ2n) is 3.73. The largest absolute Gasteiger partial charge is 0.389 e. The van der Waals surface area contributed by atoms with Crippen LogP contribution in [0.1, 0.15) is 13.8 Å². The first kappa shape index (κ1) is 11.9. The molecule has 1 atom stereocenters. The summed E-state index contributed by atoms with van der Waals surface area (Å²) in [6, 6.07) is 4.91. The van der Waals surface area contributed by atoms with Crippen molar-refractivity contribution in [3.05, 3.63) is 34.7 Å². The van der Waals surface area contributed by atoms with Crippen LogP contribution in [-0.4, -0.2) is 28.5 Å². The van der Waals surface area contributed by atoms with E-state index in [0.717, 1.165) is 0 Å². The summed E-state index contributed by atoms with van der Waals surface area (Å²) in [6.45, 7) is 4.33. The Morgan fingerprint density at radius 2 is 2.20 bits per heavy atom. The van der Waals surface area contributed by atoms with Gasteiger partial charge in [-0.25, -0.2) is 0 Å². The van der Waals surface area contributed by atoms with E-state index in [-0.39, 0.29) is 24.8 Å². The maximum atomic E-state index is 11.3. The molecule has 1 aromatic heterocycles. The van der Waals surface area contributed by atoms with Crippen LogP contribution in [0.2, 0.25) is 0 Å². The molecule has 0 saturated heterocycles. The van der Waals surface area contributed by atoms with Crippen molar-refractivity contribution in [1.29, 1.82) is 0 Å². The number of aliphatic hydroxyl groups excluding tert-OH is 1. The number of nitrogens with zero attached hydrogens (tertiary/aromatic N) is 1. The molecule has 15 heavy (non-hydrogen) atoms. The van der Waals surface area contributed by atoms with E-state index in [4.69, 9.17) is 4.74 Å². The lowest BCUT2D eigenvalue weighted by molar-refractivity contribution is -0.00106. The molecule has 0 saturated carbocycles. The number of hydrogen-bond donors (Lipinski definition) is 1. The Kier molecular flexibility index (Phi) is 4.52. The zero-order chi connectivity index (χ0) is 11.3. The Labute approximate surface area is 89.1 Å². The molecular formula is C11H17NO3. The van der Waals surface area contributed by atoms with Gasteiger partial charge in [0.2, 0.25) is 0 Å². The van der Waals surface area contributed by atoms with Crippen LogP contribution in [-0.2, 0) is 11.3 Å². The molecule has 0 aromatic carbocycles. The molecule has 0 aliphatic heterocycles. The quantitative estimate of drug-likeness (QED) is 0.777. The summed E-state index contributed by atoms with van der Waals surface area (Å²) in [4.78, 5) is 11.3. The van der Waals surface area contributed by atoms with E-state index in [2.05, 4.69) is 0 Å². The first-order chi connectivity index (χ1) is 7.09. The van der Waals surface area contributed by atoms with Gasteiger partial charge in [0.25, 0.3) is 5.56 Å². The molecule has 4 heteroatoms. The van der Waals surface area contributed by atoms with Crippen LogP contribution in [0.4, 0.5) is 0 Å². The third kappa shape index (κ3) is 4.27. The summed E-state index contributed by atoms with van der Waals surface area (Å²) >= 11 is 0. The van der Waals surface area contributed by atoms with Gasteiger partial charge in [-0.1, -0.05) is 6.07 Å². The molecule has 0 spiro atoms. The number of ether oxygens (including phenoxy) is 1. The van der Waals surface area contributed by atoms with E-state index in [9.17, 15) is 9.90 Å². The number of rotatable bonds is 5. The van der Waals surface area contributed by atoms with Crippen molar-refractivity contribution in [3.8, 4) is 0 Å². The Morgan fingerprint density at radius 3 is 2.80 bits per heavy atom. The molecule has 0 aliphatic rings. The average Bonchev–Trinajstić information content (AvgIpc) is 2.18. The highest BCUT2D eigenvalue weighted by atomic mass is 16.5. The molecular weight excluding hydrogens is 194 g/mol. The fourth-order valence-electron chi connectivity index (χ4n) is 1.19. The van der Waals surface area contributed by atoms with E-state index < -0.39 is 6.10 Å². The van der Waals surface area contributed by atoms with Gasteiger partial charge in [-0.2, -0.15) is 0 Å². The third-order valence-electron chi connectivity index (χ3n) is 1.93. The molecule has 1 unspecified atom stereocenters. The smallest absolute Gasteiger partial charge is 0.250 e. The first-order valence-electron chi connectivity index (χ1n) is 5.04. The van der Waals surface area contributed by atoms with Crippen LogP contribution < -0.4 is 5.56 Å². The van der Waals surface area contributed by atoms with Crippen molar-refractivity contribution in [2.75, 3.05) is 6.61 Å². The number of pyridine rings is 1. The highest BCUT2D eigenvalue weighted by Crippen LogP contribution is 1.94. The third-order valence-corrected chi connectivity index (χ3v) is 1.93. The SMILES string of the molecule is CC(C)OCC(O)Cn1ccccc1=O. The molecule has 1 aromatic rings. The van der Waals surface area contributed by atoms with Crippen LogP contribution in [0.25, 0.3) is 0 Å². The highest BCUT2D eigenvalue weighted by molar-refractivity contribution is 4.93. The topological polar surface area (TPSA) is 51.5 Å². The Morgan fingerprint density at radius 1 is 1.47 bits per heavy atom. The Bertz CT molecular complexity index is 346. The summed E-state index contributed by atoms with van der Waals surface area (Å²) in [7, 11) is 0. The molecule has 1 rings (SSSR count). The molecule has 1 N–H and O–H groups in total. The van der Waals surface area contributed by atoms with Gasteiger partial charge in [0, 0.05) is 12.3 Å². The van der Waals surface area contributed by atoms with Crippen molar-refractivity contribution >= 4 is 0 Å². The van der Waals surface area contributed by atoms with Crippen molar-refractivity contribution in [2.24, 2.45) is 0 Å². The fraction of sp³-hybridized carbons (Fsp3) is 0.545. The second kappa shape index (κ2) is 5.68. The van der Waals surface area contributed by atoms with E-state index in [1.165, 1.54) is 10.6 Å². The fourth-order valence-corrected chi connectivity index (χ4v) is 1.19. The van der Waals surface area contributed by atoms with E-state index in [1.54, 1.807) is 18.3 Å². The van der Waals surface area contributed by atoms with Crippen LogP contribution >= 0.6 is 0 Å². The standard InChI is InChI=1S/C11H17NO3/c1-9(2)15-8-10(13)7-12-6-4-3-5-11(12)14/h3-6,9-10,13H,7-8H2,1-2H3. The molecule has 84 valence electrons. The summed E-state index contributed by atoms with van der Waals surface area (Å²) in [5.74, 6) is 0.